The molecule has 0 aliphatic rings. The van der Waals surface area contributed by atoms with E-state index >= 15 is 0 Å². The van der Waals surface area contributed by atoms with Crippen LogP contribution in [0.15, 0.2) is 42.5 Å². The maximum atomic E-state index is 14.4. The molecule has 0 aromatic heterocycles. The van der Waals surface area contributed by atoms with Crippen LogP contribution in [0.3, 0.4) is 0 Å². The molecule has 2 aromatic carbocycles. The molecule has 148 valence electrons. The van der Waals surface area contributed by atoms with Gasteiger partial charge in [-0.1, -0.05) is 19.1 Å². The molecule has 4 nitrogen and oxygen atoms in total. The zero-order chi connectivity index (χ0) is 19.6. The van der Waals surface area contributed by atoms with E-state index in [9.17, 15) is 4.39 Å². The quantitative estimate of drug-likeness (QED) is 0.575. The number of anilines is 1. The van der Waals surface area contributed by atoms with Crippen LogP contribution in [0, 0.1) is 5.82 Å². The minimum atomic E-state index is -0.313. The van der Waals surface area contributed by atoms with Crippen LogP contribution in [-0.2, 0) is 6.54 Å². The van der Waals surface area contributed by atoms with Crippen LogP contribution < -0.4 is 14.4 Å². The normalized spacial score (nSPS) is 10.9. The van der Waals surface area contributed by atoms with Crippen LogP contribution in [0.4, 0.5) is 10.1 Å². The number of ether oxygens (including phenoxy) is 2. The van der Waals surface area contributed by atoms with Crippen LogP contribution in [0.2, 0.25) is 0 Å². The minimum Gasteiger partial charge on any atom is -0.497 e. The van der Waals surface area contributed by atoms with E-state index in [1.54, 1.807) is 19.2 Å². The fraction of sp³-hybridized carbons (Fsp3) is 0.455. The van der Waals surface area contributed by atoms with E-state index in [1.165, 1.54) is 0 Å². The van der Waals surface area contributed by atoms with Crippen LogP contribution in [0.5, 0.6) is 11.5 Å². The fourth-order valence-corrected chi connectivity index (χ4v) is 2.98. The van der Waals surface area contributed by atoms with Gasteiger partial charge in [-0.05, 0) is 56.8 Å². The lowest BCUT2D eigenvalue weighted by molar-refractivity contribution is 0.231. The summed E-state index contributed by atoms with van der Waals surface area (Å²) in [6.45, 7) is 7.95. The van der Waals surface area contributed by atoms with Crippen LogP contribution in [0.1, 0.15) is 25.8 Å². The molecule has 0 saturated heterocycles. The first-order valence-corrected chi connectivity index (χ1v) is 9.56. The molecule has 0 unspecified atom stereocenters. The van der Waals surface area contributed by atoms with Gasteiger partial charge in [0.25, 0.3) is 0 Å². The maximum absolute atomic E-state index is 14.4. The molecule has 0 heterocycles. The molecule has 0 fully saturated rings. The highest BCUT2D eigenvalue weighted by Crippen LogP contribution is 2.24. The monoisotopic (exact) mass is 374 g/mol. The lowest BCUT2D eigenvalue weighted by Crippen LogP contribution is -2.25. The Bertz CT molecular complexity index is 708. The van der Waals surface area contributed by atoms with Gasteiger partial charge in [0.15, 0.2) is 11.6 Å². The summed E-state index contributed by atoms with van der Waals surface area (Å²) in [5, 5.41) is 0. The average molecular weight is 375 g/mol. The molecular formula is C22H31FN2O2. The third kappa shape index (κ3) is 6.43. The van der Waals surface area contributed by atoms with Crippen molar-refractivity contribution in [1.82, 2.24) is 4.90 Å². The molecule has 0 N–H and O–H groups in total. The van der Waals surface area contributed by atoms with Gasteiger partial charge in [-0.2, -0.15) is 0 Å². The van der Waals surface area contributed by atoms with Crippen molar-refractivity contribution in [2.24, 2.45) is 0 Å². The summed E-state index contributed by atoms with van der Waals surface area (Å²) in [6, 6.07) is 13.1. The van der Waals surface area contributed by atoms with Gasteiger partial charge in [-0.25, -0.2) is 4.39 Å². The molecule has 0 aliphatic heterocycles. The zero-order valence-corrected chi connectivity index (χ0v) is 16.9. The van der Waals surface area contributed by atoms with E-state index < -0.39 is 0 Å². The van der Waals surface area contributed by atoms with Crippen molar-refractivity contribution < 1.29 is 13.9 Å². The fourth-order valence-electron chi connectivity index (χ4n) is 2.98. The van der Waals surface area contributed by atoms with Gasteiger partial charge in [-0.3, -0.25) is 0 Å². The number of rotatable bonds is 11. The molecule has 0 spiro atoms. The predicted octanol–water partition coefficient (Wildman–Crippen LogP) is 4.58. The Kier molecular flexibility index (Phi) is 8.40. The predicted molar refractivity (Wildman–Crippen MR) is 109 cm³/mol. The van der Waals surface area contributed by atoms with Gasteiger partial charge < -0.3 is 19.3 Å². The number of hydrogen-bond acceptors (Lipinski definition) is 4. The largest absolute Gasteiger partial charge is 0.497 e. The van der Waals surface area contributed by atoms with Gasteiger partial charge >= 0.3 is 0 Å². The standard InChI is InChI=1S/C22H31FN2O2/c1-5-12-24(3)13-14-27-22-11-10-18(15-21(22)23)17-25(6-2)19-8-7-9-20(16-19)26-4/h7-11,15-16H,5-6,12-14,17H2,1-4H3. The van der Waals surface area contributed by atoms with Crippen LogP contribution in [0.25, 0.3) is 0 Å². The van der Waals surface area contributed by atoms with Crippen molar-refractivity contribution >= 4 is 5.69 Å². The molecule has 2 rings (SSSR count). The van der Waals surface area contributed by atoms with Gasteiger partial charge in [0.1, 0.15) is 12.4 Å². The maximum Gasteiger partial charge on any atom is 0.165 e. The number of methoxy groups -OCH3 is 1. The smallest absolute Gasteiger partial charge is 0.165 e. The average Bonchev–Trinajstić information content (AvgIpc) is 2.68. The Morgan fingerprint density at radius 2 is 1.85 bits per heavy atom. The Balaban J connectivity index is 1.99. The topological polar surface area (TPSA) is 24.9 Å². The van der Waals surface area contributed by atoms with Gasteiger partial charge in [0.05, 0.1) is 7.11 Å². The molecule has 2 aromatic rings. The van der Waals surface area contributed by atoms with Crippen LogP contribution >= 0.6 is 0 Å². The zero-order valence-electron chi connectivity index (χ0n) is 16.9. The molecule has 27 heavy (non-hydrogen) atoms. The highest BCUT2D eigenvalue weighted by atomic mass is 19.1. The van der Waals surface area contributed by atoms with E-state index in [4.69, 9.17) is 9.47 Å². The van der Waals surface area contributed by atoms with Gasteiger partial charge in [0.2, 0.25) is 0 Å². The van der Waals surface area contributed by atoms with E-state index in [-0.39, 0.29) is 5.82 Å². The lowest BCUT2D eigenvalue weighted by atomic mass is 10.1. The Morgan fingerprint density at radius 1 is 1.04 bits per heavy atom. The third-order valence-corrected chi connectivity index (χ3v) is 4.51. The van der Waals surface area contributed by atoms with E-state index in [2.05, 4.69) is 23.6 Å². The first kappa shape index (κ1) is 21.0. The second kappa shape index (κ2) is 10.8. The number of nitrogens with zero attached hydrogens (tertiary/aromatic N) is 2. The Labute approximate surface area is 162 Å². The second-order valence-electron chi connectivity index (χ2n) is 6.63. The SMILES string of the molecule is CCCN(C)CCOc1ccc(CN(CC)c2cccc(OC)c2)cc1F. The summed E-state index contributed by atoms with van der Waals surface area (Å²) in [6.07, 6.45) is 1.10. The first-order valence-electron chi connectivity index (χ1n) is 9.56. The van der Waals surface area contributed by atoms with Gasteiger partial charge in [-0.15, -0.1) is 0 Å². The molecule has 5 heteroatoms. The Hall–Kier alpha value is -2.27. The second-order valence-corrected chi connectivity index (χ2v) is 6.63. The highest BCUT2D eigenvalue weighted by molar-refractivity contribution is 5.51. The van der Waals surface area contributed by atoms with E-state index in [1.807, 2.05) is 37.4 Å². The molecular weight excluding hydrogens is 343 g/mol. The first-order chi connectivity index (χ1) is 13.1. The summed E-state index contributed by atoms with van der Waals surface area (Å²) in [5.74, 6) is 0.814. The van der Waals surface area contributed by atoms with E-state index in [0.717, 1.165) is 43.1 Å². The third-order valence-electron chi connectivity index (χ3n) is 4.51. The van der Waals surface area contributed by atoms with Crippen LogP contribution in [-0.4, -0.2) is 45.3 Å². The highest BCUT2D eigenvalue weighted by Gasteiger charge is 2.10. The summed E-state index contributed by atoms with van der Waals surface area (Å²) < 4.78 is 25.3. The molecule has 0 radical (unpaired) electrons. The summed E-state index contributed by atoms with van der Waals surface area (Å²) in [5.41, 5.74) is 1.96. The summed E-state index contributed by atoms with van der Waals surface area (Å²) in [7, 11) is 3.70. The van der Waals surface area contributed by atoms with E-state index in [0.29, 0.717) is 18.9 Å². The number of hydrogen-bond donors (Lipinski definition) is 0. The van der Waals surface area contributed by atoms with Crippen molar-refractivity contribution in [3.05, 3.63) is 53.8 Å². The number of halogens is 1. The summed E-state index contributed by atoms with van der Waals surface area (Å²) >= 11 is 0. The molecule has 0 bridgehead atoms. The lowest BCUT2D eigenvalue weighted by Gasteiger charge is -2.24. The van der Waals surface area contributed by atoms with Crippen molar-refractivity contribution in [1.29, 1.82) is 0 Å². The molecule has 0 aliphatic carbocycles. The molecule has 0 atom stereocenters. The molecule has 0 amide bonds. The minimum absolute atomic E-state index is 0.313. The van der Waals surface area contributed by atoms with Gasteiger partial charge in [0, 0.05) is 31.4 Å². The Morgan fingerprint density at radius 3 is 2.52 bits per heavy atom. The number of likely N-dealkylation sites (N-methyl/N-ethyl adjacent to an activating group) is 1. The van der Waals surface area contributed by atoms with Crippen molar-refractivity contribution in [2.75, 3.05) is 45.3 Å². The number of benzene rings is 2. The molecule has 0 saturated carbocycles. The van der Waals surface area contributed by atoms with Crippen molar-refractivity contribution in [3.63, 3.8) is 0 Å². The van der Waals surface area contributed by atoms with Crippen molar-refractivity contribution in [2.45, 2.75) is 26.8 Å². The van der Waals surface area contributed by atoms with Crippen molar-refractivity contribution in [3.8, 4) is 11.5 Å². The summed E-state index contributed by atoms with van der Waals surface area (Å²) in [4.78, 5) is 4.36.